The highest BCUT2D eigenvalue weighted by Gasteiger charge is 2.55. The smallest absolute Gasteiger partial charge is 0.410 e. The Bertz CT molecular complexity index is 1190. The lowest BCUT2D eigenvalue weighted by Gasteiger charge is -2.42. The molecule has 13 heteroatoms. The number of carbonyl (C=O) groups excluding carboxylic acids is 5. The van der Waals surface area contributed by atoms with Gasteiger partial charge in [-0.1, -0.05) is 43.6 Å². The molecular weight excluding hydrogens is 679 g/mol. The van der Waals surface area contributed by atoms with Crippen molar-refractivity contribution in [2.75, 3.05) is 11.9 Å². The quantitative estimate of drug-likeness (QED) is 0.114. The monoisotopic (exact) mass is 738 g/mol. The maximum absolute atomic E-state index is 13.6. The van der Waals surface area contributed by atoms with Crippen molar-refractivity contribution in [1.29, 1.82) is 0 Å². The molecule has 48 heavy (non-hydrogen) atoms. The normalized spacial score (nSPS) is 15.3. The summed E-state index contributed by atoms with van der Waals surface area (Å²) in [5, 5.41) is 8.31. The number of carbonyl (C=O) groups is 5. The molecule has 0 bridgehead atoms. The highest BCUT2D eigenvalue weighted by molar-refractivity contribution is 9.10. The van der Waals surface area contributed by atoms with Crippen LogP contribution in [0.5, 0.6) is 0 Å². The van der Waals surface area contributed by atoms with Gasteiger partial charge < -0.3 is 35.0 Å². The van der Waals surface area contributed by atoms with Crippen molar-refractivity contribution in [3.63, 3.8) is 0 Å². The molecule has 0 radical (unpaired) electrons. The number of hydrogen-bond donors (Lipinski definition) is 3. The van der Waals surface area contributed by atoms with Crippen LogP contribution < -0.4 is 16.0 Å². The van der Waals surface area contributed by atoms with Gasteiger partial charge in [-0.15, -0.1) is 0 Å². The van der Waals surface area contributed by atoms with Crippen LogP contribution >= 0.6 is 15.9 Å². The summed E-state index contributed by atoms with van der Waals surface area (Å²) >= 11 is 3.36. The molecule has 1 aliphatic rings. The Morgan fingerprint density at radius 1 is 0.896 bits per heavy atom. The van der Waals surface area contributed by atoms with Crippen LogP contribution in [0.2, 0.25) is 0 Å². The largest absolute Gasteiger partial charge is 0.460 e. The fraction of sp³-hybridized carbons (Fsp3) is 0.686. The minimum atomic E-state index is -1.23. The zero-order valence-corrected chi connectivity index (χ0v) is 33.1. The second-order valence-electron chi connectivity index (χ2n) is 14.0. The van der Waals surface area contributed by atoms with E-state index in [9.17, 15) is 24.0 Å². The van der Waals surface area contributed by atoms with Crippen molar-refractivity contribution < 1.29 is 33.4 Å². The molecule has 1 saturated heterocycles. The molecule has 1 aliphatic heterocycles. The lowest BCUT2D eigenvalue weighted by molar-refractivity contribution is -0.161. The van der Waals surface area contributed by atoms with Gasteiger partial charge >= 0.3 is 24.8 Å². The maximum Gasteiger partial charge on any atom is 0.410 e. The zero-order valence-electron chi connectivity index (χ0n) is 31.5. The molecule has 0 aromatic heterocycles. The first-order valence-electron chi connectivity index (χ1n) is 17.1. The number of nitrogens with one attached hydrogen (secondary N) is 3. The topological polar surface area (TPSA) is 143 Å². The highest BCUT2D eigenvalue weighted by Crippen LogP contribution is 2.28. The summed E-state index contributed by atoms with van der Waals surface area (Å²) in [4.78, 5) is 66.8. The van der Waals surface area contributed by atoms with Gasteiger partial charge in [0, 0.05) is 28.7 Å². The molecule has 1 fully saturated rings. The molecule has 272 valence electrons. The summed E-state index contributed by atoms with van der Waals surface area (Å²) in [5.74, 6) is -1.51. The number of urea groups is 1. The van der Waals surface area contributed by atoms with Gasteiger partial charge in [-0.25, -0.2) is 4.79 Å². The van der Waals surface area contributed by atoms with Crippen LogP contribution in [-0.2, 0) is 23.9 Å². The third-order valence-corrected chi connectivity index (χ3v) is 7.12. The van der Waals surface area contributed by atoms with Gasteiger partial charge in [0.25, 0.3) is 0 Å². The third-order valence-electron chi connectivity index (χ3n) is 6.59. The summed E-state index contributed by atoms with van der Waals surface area (Å²) in [6, 6.07) is 5.07. The van der Waals surface area contributed by atoms with Crippen LogP contribution in [0.1, 0.15) is 122 Å². The predicted molar refractivity (Wildman–Crippen MR) is 197 cm³/mol. The number of benzene rings is 1. The number of unbranched alkanes of at least 4 members (excludes halogenated alkanes) is 1. The van der Waals surface area contributed by atoms with E-state index in [-0.39, 0.29) is 18.9 Å². The predicted octanol–water partition coefficient (Wildman–Crippen LogP) is 7.50. The lowest BCUT2D eigenvalue weighted by Crippen LogP contribution is -2.63. The number of hydrogen-bond acceptors (Lipinski definition) is 8. The Hall–Kier alpha value is -2.93. The van der Waals surface area contributed by atoms with Crippen LogP contribution in [0, 0.1) is 0 Å². The molecule has 0 saturated carbocycles. The summed E-state index contributed by atoms with van der Waals surface area (Å²) in [6.45, 7) is 23.2. The van der Waals surface area contributed by atoms with Gasteiger partial charge in [0.2, 0.25) is 5.81 Å². The van der Waals surface area contributed by atoms with Gasteiger partial charge in [0.1, 0.15) is 16.9 Å². The highest BCUT2D eigenvalue weighted by atomic mass is 79.9. The molecule has 2 unspecified atom stereocenters. The van der Waals surface area contributed by atoms with E-state index in [2.05, 4.69) is 31.9 Å². The van der Waals surface area contributed by atoms with Gasteiger partial charge in [0.05, 0.1) is 12.1 Å². The number of anilines is 1. The molecule has 2 atom stereocenters. The van der Waals surface area contributed by atoms with E-state index in [4.69, 9.17) is 9.47 Å². The Morgan fingerprint density at radius 3 is 1.94 bits per heavy atom. The standard InChI is InChI=1S/C31H48BBrN4O7.2C2H6/c1-29(2,3)37(32-25(39)22(36-27(32)41)17-18-24(38)43-30(4,5)6)23(26(40)44-31(7,8)9)12-10-11-19-34-28(42)35-21-15-13-20(33)14-16-21;2*1-2/h13-16,22-23H,10-12,17-19H2,1-9H3,(H,36,41)(H2,34,35,42);2*1-2H3. The maximum atomic E-state index is 13.6. The first-order valence-corrected chi connectivity index (χ1v) is 17.8. The van der Waals surface area contributed by atoms with Gasteiger partial charge in [-0.3, -0.25) is 14.4 Å². The van der Waals surface area contributed by atoms with E-state index in [0.717, 1.165) is 4.47 Å². The van der Waals surface area contributed by atoms with Crippen molar-refractivity contribution in [2.24, 2.45) is 0 Å². The molecule has 1 aromatic rings. The molecule has 0 spiro atoms. The van der Waals surface area contributed by atoms with E-state index in [0.29, 0.717) is 31.5 Å². The first-order chi connectivity index (χ1) is 22.2. The van der Waals surface area contributed by atoms with Crippen LogP contribution in [0.25, 0.3) is 0 Å². The SMILES string of the molecule is CC.CC.CC(C)(C)OC(=O)CCC1NC(=O)B(N(C(CCCCNC(=O)Nc2ccc(Br)cc2)C(=O)OC(C)(C)C)C(C)(C)C)C1=O. The van der Waals surface area contributed by atoms with Crippen LogP contribution in [0.15, 0.2) is 28.7 Å². The molecule has 2 rings (SSSR count). The minimum absolute atomic E-state index is 0.0336. The number of rotatable bonds is 12. The van der Waals surface area contributed by atoms with Crippen molar-refractivity contribution in [3.05, 3.63) is 28.7 Å². The van der Waals surface area contributed by atoms with E-state index in [1.54, 1.807) is 58.5 Å². The second kappa shape index (κ2) is 20.6. The Labute approximate surface area is 297 Å². The fourth-order valence-corrected chi connectivity index (χ4v) is 5.19. The molecular formula is C35H60BBrN4O7. The number of halogens is 1. The van der Waals surface area contributed by atoms with E-state index in [1.807, 2.05) is 60.6 Å². The summed E-state index contributed by atoms with van der Waals surface area (Å²) in [6.07, 6.45) is 1.42. The number of amides is 3. The molecule has 0 aliphatic carbocycles. The molecule has 3 N–H and O–H groups in total. The Morgan fingerprint density at radius 2 is 1.44 bits per heavy atom. The average molecular weight is 740 g/mol. The van der Waals surface area contributed by atoms with Crippen LogP contribution in [0.3, 0.4) is 0 Å². The summed E-state index contributed by atoms with van der Waals surface area (Å²) in [5.41, 5.74) is -1.97. The molecule has 1 aromatic carbocycles. The number of nitrogens with zero attached hydrogens (tertiary/aromatic N) is 1. The van der Waals surface area contributed by atoms with Crippen molar-refractivity contribution in [3.8, 4) is 0 Å². The second-order valence-corrected chi connectivity index (χ2v) is 14.9. The average Bonchev–Trinajstić information content (AvgIpc) is 3.24. The van der Waals surface area contributed by atoms with Crippen LogP contribution in [-0.4, -0.2) is 76.5 Å². The fourth-order valence-electron chi connectivity index (χ4n) is 4.92. The summed E-state index contributed by atoms with van der Waals surface area (Å²) < 4.78 is 12.0. The van der Waals surface area contributed by atoms with Gasteiger partial charge in [0.15, 0.2) is 0 Å². The van der Waals surface area contributed by atoms with E-state index < -0.39 is 59.1 Å². The van der Waals surface area contributed by atoms with E-state index in [1.165, 1.54) is 0 Å². The molecule has 11 nitrogen and oxygen atoms in total. The third kappa shape index (κ3) is 16.5. The lowest BCUT2D eigenvalue weighted by atomic mass is 9.53. The Balaban J connectivity index is 0.00000531. The Kier molecular flexibility index (Phi) is 19.3. The van der Waals surface area contributed by atoms with Crippen molar-refractivity contribution >= 4 is 57.9 Å². The summed E-state index contributed by atoms with van der Waals surface area (Å²) in [7, 11) is 0. The number of ether oxygens (including phenoxy) is 2. The zero-order chi connectivity index (χ0) is 37.5. The first kappa shape index (κ1) is 45.1. The molecule has 1 heterocycles. The van der Waals surface area contributed by atoms with Crippen LogP contribution in [0.4, 0.5) is 15.3 Å². The minimum Gasteiger partial charge on any atom is -0.460 e. The van der Waals surface area contributed by atoms with E-state index >= 15 is 0 Å². The van der Waals surface area contributed by atoms with Gasteiger partial charge in [-0.05, 0) is 112 Å². The van der Waals surface area contributed by atoms with Gasteiger partial charge in [-0.2, -0.15) is 0 Å². The molecule has 3 amide bonds. The number of esters is 2. The van der Waals surface area contributed by atoms with Crippen molar-refractivity contribution in [1.82, 2.24) is 15.4 Å². The van der Waals surface area contributed by atoms with Crippen molar-refractivity contribution in [2.45, 2.75) is 151 Å².